The summed E-state index contributed by atoms with van der Waals surface area (Å²) in [5.41, 5.74) is 7.16. The zero-order chi connectivity index (χ0) is 25.8. The molecule has 4 heterocycles. The third kappa shape index (κ3) is 5.64. The van der Waals surface area contributed by atoms with Crippen LogP contribution < -0.4 is 21.3 Å². The van der Waals surface area contributed by atoms with Gasteiger partial charge in [-0.25, -0.2) is 4.39 Å². The van der Waals surface area contributed by atoms with Gasteiger partial charge in [-0.15, -0.1) is 4.91 Å². The van der Waals surface area contributed by atoms with Crippen LogP contribution in [-0.2, 0) is 9.59 Å². The molecular weight excluding hydrogens is 469 g/mol. The molecule has 1 aromatic heterocycles. The van der Waals surface area contributed by atoms with Gasteiger partial charge in [0.05, 0.1) is 29.8 Å². The molecule has 4 rings (SSSR count). The average molecular weight is 506 g/mol. The van der Waals surface area contributed by atoms with E-state index in [4.69, 9.17) is 5.73 Å². The fraction of sp³-hybridized carbons (Fsp3) is 0.696. The molecule has 3 fully saturated rings. The van der Waals surface area contributed by atoms with E-state index in [2.05, 4.69) is 30.6 Å². The van der Waals surface area contributed by atoms with Crippen LogP contribution in [0, 0.1) is 10.8 Å². The minimum Gasteiger partial charge on any atom is -0.366 e. The molecule has 0 saturated carbocycles. The van der Waals surface area contributed by atoms with Gasteiger partial charge in [0.25, 0.3) is 0 Å². The van der Waals surface area contributed by atoms with E-state index < -0.39 is 30.3 Å². The van der Waals surface area contributed by atoms with E-state index in [1.165, 1.54) is 0 Å². The van der Waals surface area contributed by atoms with Crippen molar-refractivity contribution >= 4 is 23.2 Å². The summed E-state index contributed by atoms with van der Waals surface area (Å²) < 4.78 is 13.8. The molecule has 5 atom stereocenters. The summed E-state index contributed by atoms with van der Waals surface area (Å²) in [5, 5.41) is 8.73. The maximum Gasteiger partial charge on any atom is 0.240 e. The number of pyridine rings is 1. The average Bonchev–Trinajstić information content (AvgIpc) is 3.31. The lowest BCUT2D eigenvalue weighted by molar-refractivity contribution is -0.135. The molecule has 0 spiro atoms. The fourth-order valence-electron chi connectivity index (χ4n) is 5.42. The summed E-state index contributed by atoms with van der Waals surface area (Å²) in [6.45, 7) is 3.51. The Kier molecular flexibility index (Phi) is 8.44. The van der Waals surface area contributed by atoms with Crippen molar-refractivity contribution in [2.24, 2.45) is 16.8 Å². The highest BCUT2D eigenvalue weighted by molar-refractivity contribution is 5.96. The second-order valence-electron chi connectivity index (χ2n) is 9.84. The Bertz CT molecular complexity index is 945. The van der Waals surface area contributed by atoms with Crippen molar-refractivity contribution in [3.63, 3.8) is 0 Å². The summed E-state index contributed by atoms with van der Waals surface area (Å²) in [5.74, 6) is -1.36. The zero-order valence-corrected chi connectivity index (χ0v) is 20.8. The first-order valence-corrected chi connectivity index (χ1v) is 12.4. The van der Waals surface area contributed by atoms with Crippen LogP contribution in [-0.4, -0.2) is 116 Å². The first kappa shape index (κ1) is 26.3. The topological polar surface area (TPSA) is 140 Å². The molecular formula is C23H36FN9O3. The van der Waals surface area contributed by atoms with Crippen LogP contribution in [0.4, 0.5) is 15.8 Å². The molecule has 0 bridgehead atoms. The Morgan fingerprint density at radius 1 is 1.22 bits per heavy atom. The zero-order valence-electron chi connectivity index (χ0n) is 20.8. The Morgan fingerprint density at radius 2 is 1.97 bits per heavy atom. The smallest absolute Gasteiger partial charge is 0.240 e. The number of anilines is 2. The fourth-order valence-corrected chi connectivity index (χ4v) is 5.42. The summed E-state index contributed by atoms with van der Waals surface area (Å²) in [7, 11) is 3.66. The largest absolute Gasteiger partial charge is 0.366 e. The second kappa shape index (κ2) is 11.5. The number of hydrogen-bond donors (Lipinski definition) is 3. The van der Waals surface area contributed by atoms with Crippen LogP contribution in [0.5, 0.6) is 0 Å². The van der Waals surface area contributed by atoms with Gasteiger partial charge in [0.2, 0.25) is 11.8 Å². The molecule has 36 heavy (non-hydrogen) atoms. The van der Waals surface area contributed by atoms with E-state index in [1.54, 1.807) is 24.3 Å². The molecule has 198 valence electrons. The second-order valence-corrected chi connectivity index (χ2v) is 9.84. The summed E-state index contributed by atoms with van der Waals surface area (Å²) in [6, 6.07) is 1.77. The van der Waals surface area contributed by atoms with Gasteiger partial charge >= 0.3 is 0 Å². The molecule has 0 aliphatic carbocycles. The van der Waals surface area contributed by atoms with Gasteiger partial charge in [-0.2, -0.15) is 0 Å². The van der Waals surface area contributed by atoms with E-state index in [9.17, 15) is 18.9 Å². The van der Waals surface area contributed by atoms with Crippen LogP contribution in [0.2, 0.25) is 0 Å². The van der Waals surface area contributed by atoms with Crippen molar-refractivity contribution in [2.45, 2.75) is 37.4 Å². The lowest BCUT2D eigenvalue weighted by Gasteiger charge is -2.40. The first-order valence-electron chi connectivity index (χ1n) is 12.4. The van der Waals surface area contributed by atoms with E-state index in [0.29, 0.717) is 31.9 Å². The third-order valence-corrected chi connectivity index (χ3v) is 7.44. The predicted octanol–water partition coefficient (Wildman–Crippen LogP) is -0.370. The molecule has 12 nitrogen and oxygen atoms in total. The molecule has 3 saturated heterocycles. The molecule has 2 amide bonds. The lowest BCUT2D eigenvalue weighted by atomic mass is 9.98. The highest BCUT2D eigenvalue weighted by Crippen LogP contribution is 2.28. The lowest BCUT2D eigenvalue weighted by Crippen LogP contribution is -2.62. The van der Waals surface area contributed by atoms with Gasteiger partial charge < -0.3 is 20.9 Å². The molecule has 13 heteroatoms. The van der Waals surface area contributed by atoms with Gasteiger partial charge in [0.1, 0.15) is 12.1 Å². The number of nitrogens with one attached hydrogen (secondary N) is 2. The van der Waals surface area contributed by atoms with Crippen LogP contribution in [0.15, 0.2) is 23.6 Å². The standard InChI is InChI=1S/C23H36FN9O3/c1-30-7-3-4-18(30)23(35)33-10-8-32(9-11-33)17-5-6-26-13-16(17)28-22(34)19(20(25)29-36)21-27-12-15(24)14-31(21)2/h5-6,13,15,18-21,27H,3-4,7-12,14,25H2,1-2H3,(H,28,34)/t15?,18-,19?,20?,21?/m0/s1. The number of piperazine rings is 1. The number of rotatable bonds is 7. The van der Waals surface area contributed by atoms with E-state index >= 15 is 0 Å². The minimum atomic E-state index is -1.32. The Balaban J connectivity index is 1.44. The first-order chi connectivity index (χ1) is 17.3. The van der Waals surface area contributed by atoms with Gasteiger partial charge in [0.15, 0.2) is 6.17 Å². The number of carbonyl (C=O) groups excluding carboxylic acids is 2. The number of nitrogens with zero attached hydrogens (tertiary/aromatic N) is 6. The van der Waals surface area contributed by atoms with Gasteiger partial charge in [-0.3, -0.25) is 29.7 Å². The predicted molar refractivity (Wildman–Crippen MR) is 134 cm³/mol. The van der Waals surface area contributed by atoms with Gasteiger partial charge in [-0.1, -0.05) is 5.18 Å². The SMILES string of the molecule is CN1CC(F)CNC1C(C(=O)Nc1cnccc1N1CCN(C(=O)[C@@H]2CCCN2C)CC1)C(N)N=O. The molecule has 4 unspecified atom stereocenters. The molecule has 0 aromatic carbocycles. The number of nitroso groups, excluding NO2 is 1. The van der Waals surface area contributed by atoms with E-state index in [0.717, 1.165) is 25.1 Å². The van der Waals surface area contributed by atoms with Crippen LogP contribution >= 0.6 is 0 Å². The number of carbonyl (C=O) groups is 2. The number of halogens is 1. The summed E-state index contributed by atoms with van der Waals surface area (Å²) in [4.78, 5) is 49.5. The van der Waals surface area contributed by atoms with E-state index in [1.807, 2.05) is 18.0 Å². The maximum atomic E-state index is 13.8. The van der Waals surface area contributed by atoms with Gasteiger partial charge in [-0.05, 0) is 39.5 Å². The third-order valence-electron chi connectivity index (χ3n) is 7.44. The Morgan fingerprint density at radius 3 is 2.61 bits per heavy atom. The normalized spacial score (nSPS) is 27.5. The molecule has 0 radical (unpaired) electrons. The number of amides is 2. The summed E-state index contributed by atoms with van der Waals surface area (Å²) >= 11 is 0. The molecule has 3 aliphatic rings. The molecule has 1 aromatic rings. The number of alkyl halides is 1. The van der Waals surface area contributed by atoms with Crippen LogP contribution in [0.1, 0.15) is 12.8 Å². The van der Waals surface area contributed by atoms with Crippen molar-refractivity contribution in [3.05, 3.63) is 23.4 Å². The number of aromatic nitrogens is 1. The van der Waals surface area contributed by atoms with Crippen molar-refractivity contribution < 1.29 is 14.0 Å². The molecule has 4 N–H and O–H groups in total. The number of hydrogen-bond acceptors (Lipinski definition) is 10. The van der Waals surface area contributed by atoms with Gasteiger partial charge in [0, 0.05) is 45.5 Å². The van der Waals surface area contributed by atoms with Crippen LogP contribution in [0.25, 0.3) is 0 Å². The Labute approximate surface area is 210 Å². The van der Waals surface area contributed by atoms with Crippen molar-refractivity contribution in [2.75, 3.05) is 70.1 Å². The highest BCUT2D eigenvalue weighted by Gasteiger charge is 2.40. The summed E-state index contributed by atoms with van der Waals surface area (Å²) in [6.07, 6.45) is 2.08. The van der Waals surface area contributed by atoms with E-state index in [-0.39, 0.29) is 25.0 Å². The Hall–Kier alpha value is -2.74. The number of likely N-dealkylation sites (N-methyl/N-ethyl adjacent to an activating group) is 1. The number of nitrogens with two attached hydrogens (primary N) is 1. The highest BCUT2D eigenvalue weighted by atomic mass is 19.1. The number of likely N-dealkylation sites (tertiary alicyclic amines) is 1. The van der Waals surface area contributed by atoms with Crippen molar-refractivity contribution in [1.82, 2.24) is 25.0 Å². The maximum absolute atomic E-state index is 13.8. The quantitative estimate of drug-likeness (QED) is 0.424. The van der Waals surface area contributed by atoms with Crippen LogP contribution in [0.3, 0.4) is 0 Å². The molecule has 3 aliphatic heterocycles. The van der Waals surface area contributed by atoms with Crippen molar-refractivity contribution in [3.8, 4) is 0 Å². The van der Waals surface area contributed by atoms with Crippen molar-refractivity contribution in [1.29, 1.82) is 0 Å². The monoisotopic (exact) mass is 505 g/mol. The minimum absolute atomic E-state index is 0.0425.